The van der Waals surface area contributed by atoms with Gasteiger partial charge in [-0.25, -0.2) is 0 Å². The quantitative estimate of drug-likeness (QED) is 0.190. The number of hydrogen-bond donors (Lipinski definition) is 2. The Bertz CT molecular complexity index is 638. The number of carbonyl (C=O) groups excluding carboxylic acids is 1. The molecular weight excluding hydrogens is 507 g/mol. The van der Waals surface area contributed by atoms with Gasteiger partial charge in [-0.1, -0.05) is 18.2 Å². The van der Waals surface area contributed by atoms with E-state index in [1.165, 1.54) is 5.69 Å². The van der Waals surface area contributed by atoms with Crippen molar-refractivity contribution in [3.63, 3.8) is 0 Å². The van der Waals surface area contributed by atoms with Crippen LogP contribution in [0.3, 0.4) is 0 Å². The van der Waals surface area contributed by atoms with Gasteiger partial charge in [-0.2, -0.15) is 0 Å². The van der Waals surface area contributed by atoms with Gasteiger partial charge in [0, 0.05) is 85.2 Å². The molecule has 1 amide bonds. The van der Waals surface area contributed by atoms with Crippen molar-refractivity contribution in [3.05, 3.63) is 30.3 Å². The van der Waals surface area contributed by atoms with Crippen LogP contribution in [-0.2, 0) is 9.53 Å². The highest BCUT2D eigenvalue weighted by atomic mass is 127. The molecule has 0 spiro atoms. The van der Waals surface area contributed by atoms with E-state index in [2.05, 4.69) is 56.7 Å². The van der Waals surface area contributed by atoms with Gasteiger partial charge in [-0.3, -0.25) is 9.79 Å². The Labute approximate surface area is 204 Å². The van der Waals surface area contributed by atoms with Crippen molar-refractivity contribution in [1.29, 1.82) is 0 Å². The van der Waals surface area contributed by atoms with Crippen molar-refractivity contribution in [2.45, 2.75) is 12.8 Å². The first-order chi connectivity index (χ1) is 14.6. The molecule has 0 bridgehead atoms. The lowest BCUT2D eigenvalue weighted by atomic mass is 10.2. The third kappa shape index (κ3) is 10.5. The van der Waals surface area contributed by atoms with Gasteiger partial charge in [0.05, 0.1) is 0 Å². The van der Waals surface area contributed by atoms with E-state index < -0.39 is 0 Å². The highest BCUT2D eigenvalue weighted by Gasteiger charge is 2.20. The summed E-state index contributed by atoms with van der Waals surface area (Å²) in [5.41, 5.74) is 1.23. The number of carbonyl (C=O) groups is 1. The van der Waals surface area contributed by atoms with Gasteiger partial charge < -0.3 is 30.1 Å². The molecule has 1 aliphatic heterocycles. The first-order valence-electron chi connectivity index (χ1n) is 10.8. The van der Waals surface area contributed by atoms with Crippen LogP contribution in [0.1, 0.15) is 12.8 Å². The molecule has 2 N–H and O–H groups in total. The molecule has 1 fully saturated rings. The van der Waals surface area contributed by atoms with Crippen LogP contribution >= 0.6 is 24.0 Å². The first-order valence-corrected chi connectivity index (χ1v) is 10.8. The summed E-state index contributed by atoms with van der Waals surface area (Å²) in [6.07, 6.45) is 1.50. The summed E-state index contributed by atoms with van der Waals surface area (Å²) in [6.45, 7) is 7.42. The molecule has 1 aliphatic rings. The van der Waals surface area contributed by atoms with E-state index in [1.807, 2.05) is 11.0 Å². The van der Waals surface area contributed by atoms with Crippen LogP contribution in [-0.4, -0.2) is 102 Å². The zero-order valence-electron chi connectivity index (χ0n) is 19.2. The number of aliphatic imine (C=N–C) groups is 1. The average molecular weight is 546 g/mol. The molecule has 0 radical (unpaired) electrons. The van der Waals surface area contributed by atoms with Crippen LogP contribution in [0.4, 0.5) is 5.69 Å². The molecule has 0 saturated carbocycles. The molecule has 0 aromatic heterocycles. The fourth-order valence-electron chi connectivity index (χ4n) is 3.48. The molecule has 0 aliphatic carbocycles. The molecule has 1 saturated heterocycles. The lowest BCUT2D eigenvalue weighted by Gasteiger charge is -2.36. The van der Waals surface area contributed by atoms with Crippen molar-refractivity contribution in [2.75, 3.05) is 85.1 Å². The Morgan fingerprint density at radius 2 is 1.77 bits per heavy atom. The number of piperazine rings is 1. The molecule has 176 valence electrons. The maximum absolute atomic E-state index is 12.5. The van der Waals surface area contributed by atoms with Crippen molar-refractivity contribution in [3.8, 4) is 0 Å². The first kappa shape index (κ1) is 27.4. The fourth-order valence-corrected chi connectivity index (χ4v) is 3.48. The Kier molecular flexibility index (Phi) is 14.3. The predicted octanol–water partition coefficient (Wildman–Crippen LogP) is 1.48. The standard InChI is InChI=1S/C22H38N6O2.HI/c1-23-22(25-12-14-26(2)13-7-19-30-3)24-11-10-21(29)28-17-15-27(16-18-28)20-8-5-4-6-9-20;/h4-6,8-9H,7,10-19H2,1-3H3,(H2,23,24,25);1H. The van der Waals surface area contributed by atoms with Crippen LogP contribution in [0.25, 0.3) is 0 Å². The summed E-state index contributed by atoms with van der Waals surface area (Å²) in [7, 11) is 5.58. The third-order valence-electron chi connectivity index (χ3n) is 5.28. The van der Waals surface area contributed by atoms with Crippen LogP contribution in [0.5, 0.6) is 0 Å². The minimum atomic E-state index is 0. The number of nitrogens with one attached hydrogen (secondary N) is 2. The van der Waals surface area contributed by atoms with E-state index in [-0.39, 0.29) is 29.9 Å². The molecular formula is C22H39IN6O2. The largest absolute Gasteiger partial charge is 0.385 e. The molecule has 1 heterocycles. The van der Waals surface area contributed by atoms with Crippen LogP contribution in [0, 0.1) is 0 Å². The molecule has 1 aromatic rings. The van der Waals surface area contributed by atoms with Gasteiger partial charge >= 0.3 is 0 Å². The molecule has 9 heteroatoms. The number of para-hydroxylation sites is 1. The van der Waals surface area contributed by atoms with E-state index in [9.17, 15) is 4.79 Å². The van der Waals surface area contributed by atoms with Crippen molar-refractivity contribution >= 4 is 41.5 Å². The number of ether oxygens (including phenoxy) is 1. The number of anilines is 1. The minimum Gasteiger partial charge on any atom is -0.385 e. The Hall–Kier alpha value is -1.59. The van der Waals surface area contributed by atoms with Gasteiger partial charge in [-0.05, 0) is 25.6 Å². The normalized spacial score (nSPS) is 14.4. The molecule has 8 nitrogen and oxygen atoms in total. The van der Waals surface area contributed by atoms with Gasteiger partial charge in [0.1, 0.15) is 0 Å². The molecule has 31 heavy (non-hydrogen) atoms. The zero-order chi connectivity index (χ0) is 21.6. The molecule has 0 unspecified atom stereocenters. The summed E-state index contributed by atoms with van der Waals surface area (Å²) in [5.74, 6) is 0.936. The van der Waals surface area contributed by atoms with Crippen molar-refractivity contribution in [1.82, 2.24) is 20.4 Å². The van der Waals surface area contributed by atoms with Crippen LogP contribution < -0.4 is 15.5 Å². The fraction of sp³-hybridized carbons (Fsp3) is 0.636. The number of halogens is 1. The lowest BCUT2D eigenvalue weighted by Crippen LogP contribution is -2.49. The van der Waals surface area contributed by atoms with E-state index in [0.717, 1.165) is 64.8 Å². The number of amides is 1. The van der Waals surface area contributed by atoms with Crippen LogP contribution in [0.15, 0.2) is 35.3 Å². The molecule has 1 aromatic carbocycles. The molecule has 2 rings (SSSR count). The summed E-state index contributed by atoms with van der Waals surface area (Å²) >= 11 is 0. The van der Waals surface area contributed by atoms with Gasteiger partial charge in [-0.15, -0.1) is 24.0 Å². The van der Waals surface area contributed by atoms with Crippen LogP contribution in [0.2, 0.25) is 0 Å². The topological polar surface area (TPSA) is 72.4 Å². The smallest absolute Gasteiger partial charge is 0.224 e. The third-order valence-corrected chi connectivity index (χ3v) is 5.28. The van der Waals surface area contributed by atoms with E-state index in [1.54, 1.807) is 14.2 Å². The minimum absolute atomic E-state index is 0. The number of nitrogens with zero attached hydrogens (tertiary/aromatic N) is 4. The summed E-state index contributed by atoms with van der Waals surface area (Å²) in [6, 6.07) is 10.4. The Morgan fingerprint density at radius 1 is 1.10 bits per heavy atom. The summed E-state index contributed by atoms with van der Waals surface area (Å²) in [4.78, 5) is 23.3. The lowest BCUT2D eigenvalue weighted by molar-refractivity contribution is -0.131. The highest BCUT2D eigenvalue weighted by molar-refractivity contribution is 14.0. The second-order valence-electron chi connectivity index (χ2n) is 7.53. The monoisotopic (exact) mass is 546 g/mol. The average Bonchev–Trinajstić information content (AvgIpc) is 2.79. The number of likely N-dealkylation sites (N-methyl/N-ethyl adjacent to an activating group) is 1. The maximum atomic E-state index is 12.5. The number of benzene rings is 1. The number of methoxy groups -OCH3 is 1. The van der Waals surface area contributed by atoms with E-state index in [0.29, 0.717) is 13.0 Å². The zero-order valence-corrected chi connectivity index (χ0v) is 21.5. The van der Waals surface area contributed by atoms with Crippen molar-refractivity contribution in [2.24, 2.45) is 4.99 Å². The predicted molar refractivity (Wildman–Crippen MR) is 139 cm³/mol. The second-order valence-corrected chi connectivity index (χ2v) is 7.53. The maximum Gasteiger partial charge on any atom is 0.224 e. The van der Waals surface area contributed by atoms with E-state index >= 15 is 0 Å². The SMILES string of the molecule is CN=C(NCCC(=O)N1CCN(c2ccccc2)CC1)NCCN(C)CCCOC.I. The van der Waals surface area contributed by atoms with Gasteiger partial charge in [0.15, 0.2) is 5.96 Å². The highest BCUT2D eigenvalue weighted by Crippen LogP contribution is 2.15. The number of guanidine groups is 1. The van der Waals surface area contributed by atoms with Gasteiger partial charge in [0.25, 0.3) is 0 Å². The van der Waals surface area contributed by atoms with Gasteiger partial charge in [0.2, 0.25) is 5.91 Å². The van der Waals surface area contributed by atoms with Crippen molar-refractivity contribution < 1.29 is 9.53 Å². The number of hydrogen-bond acceptors (Lipinski definition) is 5. The van der Waals surface area contributed by atoms with E-state index in [4.69, 9.17) is 4.74 Å². The summed E-state index contributed by atoms with van der Waals surface area (Å²) in [5, 5.41) is 6.54. The molecule has 0 atom stereocenters. The Morgan fingerprint density at radius 3 is 2.42 bits per heavy atom. The summed E-state index contributed by atoms with van der Waals surface area (Å²) < 4.78 is 5.08. The second kappa shape index (κ2) is 16.1. The Balaban J connectivity index is 0.00000480. The number of rotatable bonds is 11.